The maximum absolute atomic E-state index is 12.0. The largest absolute Gasteiger partial charge is 0.294 e. The molecule has 1 aromatic heterocycles. The van der Waals surface area contributed by atoms with E-state index in [0.29, 0.717) is 10.6 Å². The summed E-state index contributed by atoms with van der Waals surface area (Å²) in [5.41, 5.74) is 2.36. The second-order valence-electron chi connectivity index (χ2n) is 4.06. The van der Waals surface area contributed by atoms with Gasteiger partial charge in [0.25, 0.3) is 0 Å². The van der Waals surface area contributed by atoms with Crippen molar-refractivity contribution in [2.45, 2.75) is 13.3 Å². The molecule has 0 saturated heterocycles. The van der Waals surface area contributed by atoms with Gasteiger partial charge in [-0.25, -0.2) is 0 Å². The van der Waals surface area contributed by atoms with Crippen LogP contribution in [-0.2, 0) is 13.5 Å². The molecule has 2 aromatic rings. The number of nitrogens with zero attached hydrogens (tertiary/aromatic N) is 2. The highest BCUT2D eigenvalue weighted by Crippen LogP contribution is 2.19. The first-order chi connectivity index (χ1) is 8.06. The first kappa shape index (κ1) is 11.9. The maximum atomic E-state index is 12.0. The molecule has 2 rings (SSSR count). The van der Waals surface area contributed by atoms with Crippen LogP contribution in [0, 0.1) is 6.92 Å². The van der Waals surface area contributed by atoms with E-state index in [1.165, 1.54) is 0 Å². The lowest BCUT2D eigenvalue weighted by molar-refractivity contribution is 0.0992. The smallest absolute Gasteiger partial charge is 0.170 e. The monoisotopic (exact) mass is 248 g/mol. The van der Waals surface area contributed by atoms with E-state index in [9.17, 15) is 4.79 Å². The predicted octanol–water partition coefficient (Wildman–Crippen LogP) is 2.81. The minimum Gasteiger partial charge on any atom is -0.294 e. The predicted molar refractivity (Wildman–Crippen MR) is 67.4 cm³/mol. The van der Waals surface area contributed by atoms with Crippen LogP contribution in [0.25, 0.3) is 0 Å². The van der Waals surface area contributed by atoms with Gasteiger partial charge in [-0.2, -0.15) is 5.10 Å². The van der Waals surface area contributed by atoms with Gasteiger partial charge >= 0.3 is 0 Å². The highest BCUT2D eigenvalue weighted by atomic mass is 35.5. The van der Waals surface area contributed by atoms with E-state index in [1.807, 2.05) is 32.3 Å². The van der Waals surface area contributed by atoms with Crippen molar-refractivity contribution < 1.29 is 4.79 Å². The molecule has 0 atom stereocenters. The number of aromatic nitrogens is 2. The van der Waals surface area contributed by atoms with Crippen molar-refractivity contribution in [2.24, 2.45) is 7.05 Å². The van der Waals surface area contributed by atoms with Crippen LogP contribution in [0.2, 0.25) is 5.02 Å². The Balaban J connectivity index is 2.20. The second-order valence-corrected chi connectivity index (χ2v) is 4.47. The molecule has 88 valence electrons. The van der Waals surface area contributed by atoms with Crippen molar-refractivity contribution in [3.8, 4) is 0 Å². The van der Waals surface area contributed by atoms with Crippen LogP contribution < -0.4 is 0 Å². The summed E-state index contributed by atoms with van der Waals surface area (Å²) < 4.78 is 1.68. The van der Waals surface area contributed by atoms with Gasteiger partial charge in [0.2, 0.25) is 0 Å². The average Bonchev–Trinajstić information content (AvgIpc) is 2.63. The number of rotatable bonds is 3. The molecule has 0 unspecified atom stereocenters. The third-order valence-electron chi connectivity index (χ3n) is 2.54. The molecule has 0 radical (unpaired) electrons. The summed E-state index contributed by atoms with van der Waals surface area (Å²) in [7, 11) is 1.83. The van der Waals surface area contributed by atoms with Crippen molar-refractivity contribution in [1.29, 1.82) is 0 Å². The Bertz CT molecular complexity index is 560. The van der Waals surface area contributed by atoms with Gasteiger partial charge in [0, 0.05) is 18.8 Å². The lowest BCUT2D eigenvalue weighted by Gasteiger charge is -2.03. The molecule has 0 spiro atoms. The van der Waals surface area contributed by atoms with Gasteiger partial charge < -0.3 is 0 Å². The quantitative estimate of drug-likeness (QED) is 0.783. The van der Waals surface area contributed by atoms with Gasteiger partial charge in [0.15, 0.2) is 5.78 Å². The van der Waals surface area contributed by atoms with E-state index in [0.717, 1.165) is 11.3 Å². The molecule has 4 heteroatoms. The van der Waals surface area contributed by atoms with Gasteiger partial charge in [-0.15, -0.1) is 0 Å². The van der Waals surface area contributed by atoms with E-state index in [1.54, 1.807) is 16.8 Å². The first-order valence-corrected chi connectivity index (χ1v) is 5.72. The fourth-order valence-corrected chi connectivity index (χ4v) is 2.00. The molecule has 3 nitrogen and oxygen atoms in total. The summed E-state index contributed by atoms with van der Waals surface area (Å²) in [5, 5.41) is 4.68. The minimum atomic E-state index is -0.00583. The molecule has 0 bridgehead atoms. The van der Waals surface area contributed by atoms with Crippen molar-refractivity contribution >= 4 is 17.4 Å². The van der Waals surface area contributed by atoms with Gasteiger partial charge in [0.05, 0.1) is 17.1 Å². The molecular formula is C13H13ClN2O. The molecule has 1 heterocycles. The SMILES string of the molecule is Cc1ccc(C(=O)Cc2ccn(C)n2)c(Cl)c1. The second kappa shape index (κ2) is 4.72. The van der Waals surface area contributed by atoms with E-state index in [2.05, 4.69) is 5.10 Å². The number of benzene rings is 1. The van der Waals surface area contributed by atoms with Crippen LogP contribution in [-0.4, -0.2) is 15.6 Å². The Morgan fingerprint density at radius 1 is 1.41 bits per heavy atom. The van der Waals surface area contributed by atoms with Crippen LogP contribution in [0.15, 0.2) is 30.5 Å². The molecule has 0 fully saturated rings. The van der Waals surface area contributed by atoms with Crippen LogP contribution in [0.1, 0.15) is 21.6 Å². The minimum absolute atomic E-state index is 0.00583. The summed E-state index contributed by atoms with van der Waals surface area (Å²) in [6, 6.07) is 7.29. The number of hydrogen-bond acceptors (Lipinski definition) is 2. The topological polar surface area (TPSA) is 34.9 Å². The van der Waals surface area contributed by atoms with Crippen molar-refractivity contribution in [1.82, 2.24) is 9.78 Å². The van der Waals surface area contributed by atoms with Gasteiger partial charge in [0.1, 0.15) is 0 Å². The molecule has 17 heavy (non-hydrogen) atoms. The normalized spacial score (nSPS) is 10.5. The van der Waals surface area contributed by atoms with Gasteiger partial charge in [-0.05, 0) is 30.7 Å². The Morgan fingerprint density at radius 3 is 2.76 bits per heavy atom. The highest BCUT2D eigenvalue weighted by molar-refractivity contribution is 6.34. The number of ketones is 1. The highest BCUT2D eigenvalue weighted by Gasteiger charge is 2.12. The summed E-state index contributed by atoms with van der Waals surface area (Å²) in [5.74, 6) is -0.00583. The third kappa shape index (κ3) is 2.74. The molecule has 0 aliphatic carbocycles. The average molecular weight is 249 g/mol. The first-order valence-electron chi connectivity index (χ1n) is 5.34. The van der Waals surface area contributed by atoms with E-state index < -0.39 is 0 Å². The number of hydrogen-bond donors (Lipinski definition) is 0. The lowest BCUT2D eigenvalue weighted by Crippen LogP contribution is -2.05. The third-order valence-corrected chi connectivity index (χ3v) is 2.85. The van der Waals surface area contributed by atoms with Crippen molar-refractivity contribution in [3.63, 3.8) is 0 Å². The Labute approximate surface area is 105 Å². The standard InChI is InChI=1S/C13H13ClN2O/c1-9-3-4-11(12(14)7-9)13(17)8-10-5-6-16(2)15-10/h3-7H,8H2,1-2H3. The molecule has 1 aromatic carbocycles. The zero-order valence-corrected chi connectivity index (χ0v) is 10.5. The fraction of sp³-hybridized carbons (Fsp3) is 0.231. The maximum Gasteiger partial charge on any atom is 0.170 e. The number of halogens is 1. The Morgan fingerprint density at radius 2 is 2.18 bits per heavy atom. The zero-order valence-electron chi connectivity index (χ0n) is 9.77. The van der Waals surface area contributed by atoms with E-state index in [4.69, 9.17) is 11.6 Å². The summed E-state index contributed by atoms with van der Waals surface area (Å²) >= 11 is 6.05. The number of carbonyl (C=O) groups is 1. The summed E-state index contributed by atoms with van der Waals surface area (Å²) in [6.07, 6.45) is 2.10. The molecule has 0 aliphatic heterocycles. The van der Waals surface area contributed by atoms with Gasteiger partial charge in [-0.3, -0.25) is 9.48 Å². The summed E-state index contributed by atoms with van der Waals surface area (Å²) in [4.78, 5) is 12.0. The zero-order chi connectivity index (χ0) is 12.4. The van der Waals surface area contributed by atoms with E-state index >= 15 is 0 Å². The van der Waals surface area contributed by atoms with Crippen LogP contribution >= 0.6 is 11.6 Å². The number of carbonyl (C=O) groups excluding carboxylic acids is 1. The number of Topliss-reactive ketones (excluding diaryl/α,β-unsaturated/α-hetero) is 1. The number of aryl methyl sites for hydroxylation is 2. The summed E-state index contributed by atoms with van der Waals surface area (Å²) in [6.45, 7) is 1.94. The molecule has 0 amide bonds. The van der Waals surface area contributed by atoms with Crippen molar-refractivity contribution in [2.75, 3.05) is 0 Å². The molecule has 0 saturated carbocycles. The van der Waals surface area contributed by atoms with Gasteiger partial charge in [-0.1, -0.05) is 17.7 Å². The molecule has 0 N–H and O–H groups in total. The molecular weight excluding hydrogens is 236 g/mol. The Kier molecular flexibility index (Phi) is 3.29. The van der Waals surface area contributed by atoms with Crippen LogP contribution in [0.3, 0.4) is 0 Å². The fourth-order valence-electron chi connectivity index (χ4n) is 1.66. The van der Waals surface area contributed by atoms with Crippen molar-refractivity contribution in [3.05, 3.63) is 52.3 Å². The van der Waals surface area contributed by atoms with Crippen LogP contribution in [0.5, 0.6) is 0 Å². The Hall–Kier alpha value is -1.61. The molecule has 0 aliphatic rings. The lowest BCUT2D eigenvalue weighted by atomic mass is 10.1. The van der Waals surface area contributed by atoms with Crippen LogP contribution in [0.4, 0.5) is 0 Å². The van der Waals surface area contributed by atoms with E-state index in [-0.39, 0.29) is 12.2 Å².